The standard InChI is InChI=1S/C14H17N3S/c1-10-3-6-12(18-10)8-17(2)14-7-13(11-4-5-11)15-9-16-14/h3,6-7,9,11H,4-5,8H2,1-2H3. The van der Waals surface area contributed by atoms with Gasteiger partial charge in [0.05, 0.1) is 6.54 Å². The molecule has 0 amide bonds. The van der Waals surface area contributed by atoms with Gasteiger partial charge in [-0.05, 0) is 31.9 Å². The first-order valence-electron chi connectivity index (χ1n) is 6.31. The van der Waals surface area contributed by atoms with Crippen LogP contribution < -0.4 is 4.90 Å². The predicted molar refractivity (Wildman–Crippen MR) is 75.2 cm³/mol. The van der Waals surface area contributed by atoms with Crippen LogP contribution in [-0.2, 0) is 6.54 Å². The van der Waals surface area contributed by atoms with Gasteiger partial charge in [0.2, 0.25) is 0 Å². The van der Waals surface area contributed by atoms with Crippen molar-refractivity contribution in [3.63, 3.8) is 0 Å². The Bertz CT molecular complexity index is 545. The van der Waals surface area contributed by atoms with Crippen molar-refractivity contribution in [3.05, 3.63) is 40.0 Å². The van der Waals surface area contributed by atoms with Crippen LogP contribution in [-0.4, -0.2) is 17.0 Å². The molecule has 0 N–H and O–H groups in total. The van der Waals surface area contributed by atoms with Crippen LogP contribution in [0.2, 0.25) is 0 Å². The molecule has 2 heterocycles. The Kier molecular flexibility index (Phi) is 3.04. The fraction of sp³-hybridized carbons (Fsp3) is 0.429. The van der Waals surface area contributed by atoms with Gasteiger partial charge in [-0.25, -0.2) is 9.97 Å². The monoisotopic (exact) mass is 259 g/mol. The summed E-state index contributed by atoms with van der Waals surface area (Å²) in [7, 11) is 2.09. The van der Waals surface area contributed by atoms with Gasteiger partial charge in [0.15, 0.2) is 0 Å². The third-order valence-corrected chi connectivity index (χ3v) is 4.23. The maximum Gasteiger partial charge on any atom is 0.132 e. The molecule has 3 rings (SSSR count). The molecule has 2 aromatic heterocycles. The van der Waals surface area contributed by atoms with E-state index in [1.165, 1.54) is 28.3 Å². The normalized spacial score (nSPS) is 14.8. The summed E-state index contributed by atoms with van der Waals surface area (Å²) in [5.41, 5.74) is 1.20. The summed E-state index contributed by atoms with van der Waals surface area (Å²) in [6.07, 6.45) is 4.26. The molecule has 1 saturated carbocycles. The van der Waals surface area contributed by atoms with Crippen LogP contribution >= 0.6 is 11.3 Å². The first kappa shape index (κ1) is 11.7. The third kappa shape index (κ3) is 2.53. The maximum atomic E-state index is 4.37. The number of aromatic nitrogens is 2. The Balaban J connectivity index is 1.74. The molecule has 0 atom stereocenters. The van der Waals surface area contributed by atoms with Crippen LogP contribution in [0.5, 0.6) is 0 Å². The molecule has 0 unspecified atom stereocenters. The van der Waals surface area contributed by atoms with Gasteiger partial charge in [-0.1, -0.05) is 0 Å². The second-order valence-electron chi connectivity index (χ2n) is 4.94. The Morgan fingerprint density at radius 2 is 2.17 bits per heavy atom. The molecule has 0 aliphatic heterocycles. The Morgan fingerprint density at radius 3 is 2.83 bits per heavy atom. The lowest BCUT2D eigenvalue weighted by molar-refractivity contribution is 0.886. The van der Waals surface area contributed by atoms with E-state index < -0.39 is 0 Å². The average Bonchev–Trinajstić information content (AvgIpc) is 3.14. The van der Waals surface area contributed by atoms with E-state index in [0.717, 1.165) is 12.4 Å². The van der Waals surface area contributed by atoms with Gasteiger partial charge in [-0.3, -0.25) is 0 Å². The quantitative estimate of drug-likeness (QED) is 0.843. The first-order chi connectivity index (χ1) is 8.72. The minimum Gasteiger partial charge on any atom is -0.354 e. The highest BCUT2D eigenvalue weighted by molar-refractivity contribution is 7.11. The molecule has 1 fully saturated rings. The van der Waals surface area contributed by atoms with E-state index in [1.54, 1.807) is 6.33 Å². The summed E-state index contributed by atoms with van der Waals surface area (Å²) in [5, 5.41) is 0. The number of nitrogens with zero attached hydrogens (tertiary/aromatic N) is 3. The number of anilines is 1. The fourth-order valence-corrected chi connectivity index (χ4v) is 3.00. The third-order valence-electron chi connectivity index (χ3n) is 3.25. The number of hydrogen-bond donors (Lipinski definition) is 0. The van der Waals surface area contributed by atoms with Gasteiger partial charge in [0.1, 0.15) is 12.1 Å². The molecule has 0 spiro atoms. The molecule has 0 radical (unpaired) electrons. The Labute approximate surface area is 112 Å². The largest absolute Gasteiger partial charge is 0.354 e. The lowest BCUT2D eigenvalue weighted by Crippen LogP contribution is -2.17. The number of rotatable bonds is 4. The highest BCUT2D eigenvalue weighted by atomic mass is 32.1. The van der Waals surface area contributed by atoms with Crippen molar-refractivity contribution in [3.8, 4) is 0 Å². The SMILES string of the molecule is Cc1ccc(CN(C)c2cc(C3CC3)ncn2)s1. The van der Waals surface area contributed by atoms with Gasteiger partial charge in [-0.2, -0.15) is 0 Å². The lowest BCUT2D eigenvalue weighted by atomic mass is 10.2. The zero-order chi connectivity index (χ0) is 12.5. The summed E-state index contributed by atoms with van der Waals surface area (Å²) < 4.78 is 0. The van der Waals surface area contributed by atoms with E-state index in [1.807, 2.05) is 11.3 Å². The van der Waals surface area contributed by atoms with Gasteiger partial charge in [0.25, 0.3) is 0 Å². The van der Waals surface area contributed by atoms with Crippen molar-refractivity contribution in [2.45, 2.75) is 32.2 Å². The zero-order valence-electron chi connectivity index (χ0n) is 10.8. The Morgan fingerprint density at radius 1 is 1.33 bits per heavy atom. The summed E-state index contributed by atoms with van der Waals surface area (Å²) in [4.78, 5) is 13.7. The van der Waals surface area contributed by atoms with Crippen LogP contribution in [0, 0.1) is 6.92 Å². The molecular weight excluding hydrogens is 242 g/mol. The maximum absolute atomic E-state index is 4.37. The van der Waals surface area contributed by atoms with Crippen molar-refractivity contribution in [2.75, 3.05) is 11.9 Å². The summed E-state index contributed by atoms with van der Waals surface area (Å²) in [6, 6.07) is 6.50. The minimum atomic E-state index is 0.684. The molecular formula is C14H17N3S. The first-order valence-corrected chi connectivity index (χ1v) is 7.12. The molecule has 4 heteroatoms. The van der Waals surface area contributed by atoms with Crippen LogP contribution in [0.15, 0.2) is 24.5 Å². The molecule has 0 aromatic carbocycles. The molecule has 0 saturated heterocycles. The number of hydrogen-bond acceptors (Lipinski definition) is 4. The van der Waals surface area contributed by atoms with Crippen molar-refractivity contribution >= 4 is 17.2 Å². The minimum absolute atomic E-state index is 0.684. The van der Waals surface area contributed by atoms with Crippen LogP contribution in [0.25, 0.3) is 0 Å². The van der Waals surface area contributed by atoms with Crippen LogP contribution in [0.3, 0.4) is 0 Å². The van der Waals surface area contributed by atoms with E-state index in [2.05, 4.69) is 47.0 Å². The molecule has 94 valence electrons. The zero-order valence-corrected chi connectivity index (χ0v) is 11.6. The number of thiophene rings is 1. The highest BCUT2D eigenvalue weighted by Crippen LogP contribution is 2.39. The lowest BCUT2D eigenvalue weighted by Gasteiger charge is -2.17. The van der Waals surface area contributed by atoms with E-state index >= 15 is 0 Å². The van der Waals surface area contributed by atoms with E-state index in [4.69, 9.17) is 0 Å². The second-order valence-corrected chi connectivity index (χ2v) is 6.32. The molecule has 1 aliphatic rings. The molecule has 3 nitrogen and oxygen atoms in total. The van der Waals surface area contributed by atoms with E-state index in [-0.39, 0.29) is 0 Å². The molecule has 18 heavy (non-hydrogen) atoms. The van der Waals surface area contributed by atoms with Crippen molar-refractivity contribution < 1.29 is 0 Å². The molecule has 1 aliphatic carbocycles. The van der Waals surface area contributed by atoms with Gasteiger partial charge in [0, 0.05) is 34.5 Å². The molecule has 2 aromatic rings. The second kappa shape index (κ2) is 4.69. The average molecular weight is 259 g/mol. The summed E-state index contributed by atoms with van der Waals surface area (Å²) in [5.74, 6) is 1.71. The van der Waals surface area contributed by atoms with E-state index in [9.17, 15) is 0 Å². The number of aryl methyl sites for hydroxylation is 1. The van der Waals surface area contributed by atoms with Crippen molar-refractivity contribution in [2.24, 2.45) is 0 Å². The Hall–Kier alpha value is -1.42. The highest BCUT2D eigenvalue weighted by Gasteiger charge is 2.25. The predicted octanol–water partition coefficient (Wildman–Crippen LogP) is 3.36. The van der Waals surface area contributed by atoms with Crippen molar-refractivity contribution in [1.82, 2.24) is 9.97 Å². The van der Waals surface area contributed by atoms with Crippen molar-refractivity contribution in [1.29, 1.82) is 0 Å². The smallest absolute Gasteiger partial charge is 0.132 e. The molecule has 0 bridgehead atoms. The summed E-state index contributed by atoms with van der Waals surface area (Å²) >= 11 is 1.85. The fourth-order valence-electron chi connectivity index (χ4n) is 2.06. The van der Waals surface area contributed by atoms with E-state index in [0.29, 0.717) is 5.92 Å². The van der Waals surface area contributed by atoms with Gasteiger partial charge < -0.3 is 4.90 Å². The van der Waals surface area contributed by atoms with Gasteiger partial charge >= 0.3 is 0 Å². The summed E-state index contributed by atoms with van der Waals surface area (Å²) in [6.45, 7) is 3.06. The van der Waals surface area contributed by atoms with Crippen LogP contribution in [0.1, 0.15) is 34.2 Å². The van der Waals surface area contributed by atoms with Crippen LogP contribution in [0.4, 0.5) is 5.82 Å². The topological polar surface area (TPSA) is 29.0 Å². The van der Waals surface area contributed by atoms with Gasteiger partial charge in [-0.15, -0.1) is 11.3 Å².